The first-order valence-electron chi connectivity index (χ1n) is 8.20. The molecule has 0 atom stereocenters. The first-order valence-corrected chi connectivity index (χ1v) is 8.20. The molecule has 1 aliphatic heterocycles. The molecule has 0 radical (unpaired) electrons. The lowest BCUT2D eigenvalue weighted by molar-refractivity contribution is -0.116. The van der Waals surface area contributed by atoms with Crippen LogP contribution in [-0.2, 0) is 11.2 Å². The monoisotopic (exact) mass is 288 g/mol. The molecule has 1 aromatic rings. The molecule has 116 valence electrons. The van der Waals surface area contributed by atoms with Crippen LogP contribution < -0.4 is 5.32 Å². The van der Waals surface area contributed by atoms with Gasteiger partial charge in [-0.3, -0.25) is 4.79 Å². The molecule has 0 bridgehead atoms. The Labute approximate surface area is 128 Å². The predicted octanol–water partition coefficient (Wildman–Crippen LogP) is 3.62. The van der Waals surface area contributed by atoms with E-state index in [0.717, 1.165) is 43.2 Å². The second kappa shape index (κ2) is 7.60. The first kappa shape index (κ1) is 16.0. The summed E-state index contributed by atoms with van der Waals surface area (Å²) in [4.78, 5) is 14.6. The molecule has 1 fully saturated rings. The molecule has 0 spiro atoms. The minimum Gasteiger partial charge on any atom is -0.326 e. The lowest BCUT2D eigenvalue weighted by atomic mass is 9.99. The molecule has 3 heteroatoms. The van der Waals surface area contributed by atoms with Crippen molar-refractivity contribution in [2.45, 2.75) is 46.5 Å². The van der Waals surface area contributed by atoms with E-state index in [4.69, 9.17) is 0 Å². The van der Waals surface area contributed by atoms with E-state index < -0.39 is 0 Å². The number of para-hydroxylation sites is 1. The van der Waals surface area contributed by atoms with Gasteiger partial charge in [0.05, 0.1) is 0 Å². The van der Waals surface area contributed by atoms with Crippen molar-refractivity contribution in [2.24, 2.45) is 5.92 Å². The number of likely N-dealkylation sites (tertiary alicyclic amines) is 1. The minimum absolute atomic E-state index is 0.137. The Morgan fingerprint density at radius 2 is 2.05 bits per heavy atom. The Morgan fingerprint density at radius 3 is 2.71 bits per heavy atom. The molecule has 1 amide bonds. The third-order valence-corrected chi connectivity index (χ3v) is 4.54. The van der Waals surface area contributed by atoms with E-state index in [9.17, 15) is 4.79 Å². The molecule has 21 heavy (non-hydrogen) atoms. The maximum atomic E-state index is 12.2. The van der Waals surface area contributed by atoms with Gasteiger partial charge in [0.2, 0.25) is 5.91 Å². The SMILES string of the molecule is CCc1cccc(C)c1NC(=O)CCN1CCC(C)CC1. The molecule has 0 saturated carbocycles. The number of nitrogens with one attached hydrogen (secondary N) is 1. The van der Waals surface area contributed by atoms with Crippen LogP contribution >= 0.6 is 0 Å². The highest BCUT2D eigenvalue weighted by molar-refractivity contribution is 5.92. The smallest absolute Gasteiger partial charge is 0.225 e. The minimum atomic E-state index is 0.137. The van der Waals surface area contributed by atoms with Crippen LogP contribution in [-0.4, -0.2) is 30.4 Å². The van der Waals surface area contributed by atoms with Gasteiger partial charge in [0, 0.05) is 18.7 Å². The zero-order chi connectivity index (χ0) is 15.2. The van der Waals surface area contributed by atoms with Crippen molar-refractivity contribution in [3.05, 3.63) is 29.3 Å². The molecule has 0 unspecified atom stereocenters. The van der Waals surface area contributed by atoms with Crippen molar-refractivity contribution in [1.82, 2.24) is 4.90 Å². The van der Waals surface area contributed by atoms with Gasteiger partial charge < -0.3 is 10.2 Å². The van der Waals surface area contributed by atoms with E-state index in [2.05, 4.69) is 49.2 Å². The second-order valence-electron chi connectivity index (χ2n) is 6.28. The predicted molar refractivity (Wildman–Crippen MR) is 88.6 cm³/mol. The van der Waals surface area contributed by atoms with Crippen molar-refractivity contribution >= 4 is 11.6 Å². The maximum Gasteiger partial charge on any atom is 0.225 e. The molecule has 2 rings (SSSR count). The summed E-state index contributed by atoms with van der Waals surface area (Å²) in [5.41, 5.74) is 3.38. The molecule has 3 nitrogen and oxygen atoms in total. The van der Waals surface area contributed by atoms with Gasteiger partial charge in [-0.25, -0.2) is 0 Å². The summed E-state index contributed by atoms with van der Waals surface area (Å²) in [6.07, 6.45) is 4.06. The lowest BCUT2D eigenvalue weighted by Crippen LogP contribution is -2.35. The van der Waals surface area contributed by atoms with E-state index >= 15 is 0 Å². The molecular formula is C18H28N2O. The standard InChI is InChI=1S/C18H28N2O/c1-4-16-7-5-6-15(3)18(16)19-17(21)10-13-20-11-8-14(2)9-12-20/h5-7,14H,4,8-13H2,1-3H3,(H,19,21). The van der Waals surface area contributed by atoms with Crippen LogP contribution in [0.2, 0.25) is 0 Å². The number of benzene rings is 1. The molecule has 0 aromatic heterocycles. The number of nitrogens with zero attached hydrogens (tertiary/aromatic N) is 1. The fraction of sp³-hybridized carbons (Fsp3) is 0.611. The van der Waals surface area contributed by atoms with Gasteiger partial charge >= 0.3 is 0 Å². The Hall–Kier alpha value is -1.35. The average Bonchev–Trinajstić information content (AvgIpc) is 2.49. The van der Waals surface area contributed by atoms with Crippen molar-refractivity contribution < 1.29 is 4.79 Å². The quantitative estimate of drug-likeness (QED) is 0.897. The van der Waals surface area contributed by atoms with E-state index in [0.29, 0.717) is 6.42 Å². The number of carbonyl (C=O) groups excluding carboxylic acids is 1. The number of hydrogen-bond donors (Lipinski definition) is 1. The normalized spacial score (nSPS) is 16.9. The van der Waals surface area contributed by atoms with Crippen LogP contribution in [0.5, 0.6) is 0 Å². The first-order chi connectivity index (χ1) is 10.1. The van der Waals surface area contributed by atoms with Gasteiger partial charge in [-0.1, -0.05) is 32.0 Å². The molecular weight excluding hydrogens is 260 g/mol. The Balaban J connectivity index is 1.85. The van der Waals surface area contributed by atoms with Gasteiger partial charge in [-0.2, -0.15) is 0 Å². The van der Waals surface area contributed by atoms with Gasteiger partial charge in [0.1, 0.15) is 0 Å². The fourth-order valence-electron chi connectivity index (χ4n) is 2.95. The molecule has 1 aliphatic rings. The molecule has 1 aromatic carbocycles. The Bertz CT molecular complexity index is 476. The molecule has 1 heterocycles. The summed E-state index contributed by atoms with van der Waals surface area (Å²) in [6, 6.07) is 6.20. The van der Waals surface area contributed by atoms with Crippen LogP contribution in [0, 0.1) is 12.8 Å². The second-order valence-corrected chi connectivity index (χ2v) is 6.28. The third-order valence-electron chi connectivity index (χ3n) is 4.54. The fourth-order valence-corrected chi connectivity index (χ4v) is 2.95. The summed E-state index contributed by atoms with van der Waals surface area (Å²) < 4.78 is 0. The highest BCUT2D eigenvalue weighted by Crippen LogP contribution is 2.21. The number of piperidine rings is 1. The summed E-state index contributed by atoms with van der Waals surface area (Å²) in [7, 11) is 0. The van der Waals surface area contributed by atoms with Crippen molar-refractivity contribution in [3.63, 3.8) is 0 Å². The van der Waals surface area contributed by atoms with Crippen molar-refractivity contribution in [1.29, 1.82) is 0 Å². The molecule has 1 saturated heterocycles. The summed E-state index contributed by atoms with van der Waals surface area (Å²) in [5, 5.41) is 3.11. The highest BCUT2D eigenvalue weighted by atomic mass is 16.1. The largest absolute Gasteiger partial charge is 0.326 e. The van der Waals surface area contributed by atoms with Crippen LogP contribution in [0.15, 0.2) is 18.2 Å². The number of rotatable bonds is 5. The van der Waals surface area contributed by atoms with Crippen molar-refractivity contribution in [2.75, 3.05) is 25.0 Å². The number of amides is 1. The van der Waals surface area contributed by atoms with Crippen LogP contribution in [0.1, 0.15) is 44.2 Å². The van der Waals surface area contributed by atoms with E-state index in [1.54, 1.807) is 0 Å². The number of anilines is 1. The number of aryl methyl sites for hydroxylation is 2. The van der Waals surface area contributed by atoms with E-state index in [1.165, 1.54) is 18.4 Å². The lowest BCUT2D eigenvalue weighted by Gasteiger charge is -2.29. The highest BCUT2D eigenvalue weighted by Gasteiger charge is 2.16. The molecule has 1 N–H and O–H groups in total. The zero-order valence-corrected chi connectivity index (χ0v) is 13.6. The molecule has 0 aliphatic carbocycles. The Kier molecular flexibility index (Phi) is 5.80. The third kappa shape index (κ3) is 4.57. The zero-order valence-electron chi connectivity index (χ0n) is 13.6. The number of hydrogen-bond acceptors (Lipinski definition) is 2. The average molecular weight is 288 g/mol. The van der Waals surface area contributed by atoms with Gasteiger partial charge in [-0.05, 0) is 56.3 Å². The van der Waals surface area contributed by atoms with Crippen LogP contribution in [0.3, 0.4) is 0 Å². The van der Waals surface area contributed by atoms with Crippen LogP contribution in [0.4, 0.5) is 5.69 Å². The van der Waals surface area contributed by atoms with Gasteiger partial charge in [0.15, 0.2) is 0 Å². The van der Waals surface area contributed by atoms with E-state index in [1.807, 2.05) is 0 Å². The Morgan fingerprint density at radius 1 is 1.33 bits per heavy atom. The summed E-state index contributed by atoms with van der Waals surface area (Å²) >= 11 is 0. The summed E-state index contributed by atoms with van der Waals surface area (Å²) in [6.45, 7) is 9.65. The van der Waals surface area contributed by atoms with E-state index in [-0.39, 0.29) is 5.91 Å². The summed E-state index contributed by atoms with van der Waals surface area (Å²) in [5.74, 6) is 0.978. The number of carbonyl (C=O) groups is 1. The maximum absolute atomic E-state index is 12.2. The topological polar surface area (TPSA) is 32.3 Å². The van der Waals surface area contributed by atoms with Gasteiger partial charge in [0.25, 0.3) is 0 Å². The van der Waals surface area contributed by atoms with Crippen molar-refractivity contribution in [3.8, 4) is 0 Å². The van der Waals surface area contributed by atoms with Gasteiger partial charge in [-0.15, -0.1) is 0 Å². The van der Waals surface area contributed by atoms with Crippen LogP contribution in [0.25, 0.3) is 0 Å².